The lowest BCUT2D eigenvalue weighted by molar-refractivity contribution is -0.0706. The van der Waals surface area contributed by atoms with Crippen LogP contribution >= 0.6 is 0 Å². The van der Waals surface area contributed by atoms with E-state index in [2.05, 4.69) is 31.2 Å². The summed E-state index contributed by atoms with van der Waals surface area (Å²) >= 11 is 0. The van der Waals surface area contributed by atoms with Gasteiger partial charge >= 0.3 is 0 Å². The highest BCUT2D eigenvalue weighted by atomic mass is 16.5. The monoisotopic (exact) mass is 248 g/mol. The Hall–Kier alpha value is -0.860. The van der Waals surface area contributed by atoms with Gasteiger partial charge in [0.15, 0.2) is 0 Å². The van der Waals surface area contributed by atoms with Crippen LogP contribution in [0.4, 0.5) is 0 Å². The standard InChI is InChI=1S/C16H24O2/c1-2-13-8-9-15(17)16(12-13)18-11-10-14-6-4-3-5-7-14/h3-7,13,15-17H,2,8-12H2,1H3. The van der Waals surface area contributed by atoms with Crippen molar-refractivity contribution in [2.24, 2.45) is 5.92 Å². The lowest BCUT2D eigenvalue weighted by Gasteiger charge is -2.32. The van der Waals surface area contributed by atoms with Crippen LogP contribution in [0.1, 0.15) is 38.2 Å². The highest BCUT2D eigenvalue weighted by molar-refractivity contribution is 5.14. The first kappa shape index (κ1) is 13.6. The molecule has 0 aromatic heterocycles. The maximum absolute atomic E-state index is 9.95. The SMILES string of the molecule is CCC1CCC(O)C(OCCc2ccccc2)C1. The van der Waals surface area contributed by atoms with E-state index in [-0.39, 0.29) is 12.2 Å². The van der Waals surface area contributed by atoms with Gasteiger partial charge in [-0.05, 0) is 37.2 Å². The number of aliphatic hydroxyl groups is 1. The Balaban J connectivity index is 1.75. The van der Waals surface area contributed by atoms with Gasteiger partial charge in [0, 0.05) is 0 Å². The molecular weight excluding hydrogens is 224 g/mol. The smallest absolute Gasteiger partial charge is 0.0836 e. The Morgan fingerprint density at radius 3 is 2.72 bits per heavy atom. The lowest BCUT2D eigenvalue weighted by Crippen LogP contribution is -2.36. The quantitative estimate of drug-likeness (QED) is 0.867. The molecule has 2 rings (SSSR count). The van der Waals surface area contributed by atoms with E-state index in [4.69, 9.17) is 4.74 Å². The number of benzene rings is 1. The largest absolute Gasteiger partial charge is 0.390 e. The Labute approximate surface area is 110 Å². The summed E-state index contributed by atoms with van der Waals surface area (Å²) < 4.78 is 5.88. The fourth-order valence-corrected chi connectivity index (χ4v) is 2.72. The van der Waals surface area contributed by atoms with Gasteiger partial charge in [0.05, 0.1) is 18.8 Å². The average molecular weight is 248 g/mol. The van der Waals surface area contributed by atoms with Crippen molar-refractivity contribution in [2.45, 2.75) is 51.2 Å². The summed E-state index contributed by atoms with van der Waals surface area (Å²) in [5.74, 6) is 0.732. The predicted octanol–water partition coefficient (Wildman–Crippen LogP) is 3.19. The molecule has 0 amide bonds. The van der Waals surface area contributed by atoms with Gasteiger partial charge in [0.2, 0.25) is 0 Å². The summed E-state index contributed by atoms with van der Waals surface area (Å²) in [6, 6.07) is 10.4. The average Bonchev–Trinajstić information content (AvgIpc) is 2.42. The summed E-state index contributed by atoms with van der Waals surface area (Å²) in [5, 5.41) is 9.95. The summed E-state index contributed by atoms with van der Waals surface area (Å²) in [6.45, 7) is 2.94. The van der Waals surface area contributed by atoms with Gasteiger partial charge < -0.3 is 9.84 Å². The minimum absolute atomic E-state index is 0.0485. The van der Waals surface area contributed by atoms with Crippen molar-refractivity contribution in [3.63, 3.8) is 0 Å². The fraction of sp³-hybridized carbons (Fsp3) is 0.625. The maximum atomic E-state index is 9.95. The van der Waals surface area contributed by atoms with Crippen molar-refractivity contribution in [1.82, 2.24) is 0 Å². The zero-order valence-corrected chi connectivity index (χ0v) is 11.2. The van der Waals surface area contributed by atoms with Crippen LogP contribution in [0.15, 0.2) is 30.3 Å². The second-order valence-corrected chi connectivity index (χ2v) is 5.30. The summed E-state index contributed by atoms with van der Waals surface area (Å²) in [7, 11) is 0. The van der Waals surface area contributed by atoms with E-state index < -0.39 is 0 Å². The van der Waals surface area contributed by atoms with Crippen molar-refractivity contribution in [2.75, 3.05) is 6.61 Å². The van der Waals surface area contributed by atoms with Gasteiger partial charge in [-0.15, -0.1) is 0 Å². The Bertz CT molecular complexity index is 336. The molecule has 3 atom stereocenters. The van der Waals surface area contributed by atoms with E-state index in [0.29, 0.717) is 6.61 Å². The predicted molar refractivity (Wildman–Crippen MR) is 73.5 cm³/mol. The zero-order valence-electron chi connectivity index (χ0n) is 11.2. The first-order valence-electron chi connectivity index (χ1n) is 7.13. The first-order valence-corrected chi connectivity index (χ1v) is 7.13. The Morgan fingerprint density at radius 2 is 2.00 bits per heavy atom. The van der Waals surface area contributed by atoms with Gasteiger partial charge in [-0.25, -0.2) is 0 Å². The van der Waals surface area contributed by atoms with Crippen molar-refractivity contribution < 1.29 is 9.84 Å². The summed E-state index contributed by atoms with van der Waals surface area (Å²) in [6.07, 6.45) is 4.99. The molecule has 2 heteroatoms. The molecule has 1 fully saturated rings. The lowest BCUT2D eigenvalue weighted by atomic mass is 9.84. The van der Waals surface area contributed by atoms with Crippen molar-refractivity contribution in [3.05, 3.63) is 35.9 Å². The van der Waals surface area contributed by atoms with Crippen LogP contribution in [0.2, 0.25) is 0 Å². The van der Waals surface area contributed by atoms with Gasteiger partial charge in [0.1, 0.15) is 0 Å². The molecule has 1 aromatic carbocycles. The molecule has 1 N–H and O–H groups in total. The molecule has 0 radical (unpaired) electrons. The van der Waals surface area contributed by atoms with Crippen LogP contribution in [0.5, 0.6) is 0 Å². The normalized spacial score (nSPS) is 28.2. The van der Waals surface area contributed by atoms with Gasteiger partial charge in [-0.3, -0.25) is 0 Å². The molecule has 1 aromatic rings. The third-order valence-corrected chi connectivity index (χ3v) is 4.01. The minimum atomic E-state index is -0.261. The van der Waals surface area contributed by atoms with Crippen LogP contribution in [0.3, 0.4) is 0 Å². The number of hydrogen-bond donors (Lipinski definition) is 1. The van der Waals surface area contributed by atoms with E-state index in [1.165, 1.54) is 12.0 Å². The Morgan fingerprint density at radius 1 is 1.22 bits per heavy atom. The second-order valence-electron chi connectivity index (χ2n) is 5.30. The molecule has 18 heavy (non-hydrogen) atoms. The van der Waals surface area contributed by atoms with E-state index in [9.17, 15) is 5.11 Å². The van der Waals surface area contributed by atoms with Crippen LogP contribution < -0.4 is 0 Å². The molecule has 1 saturated carbocycles. The highest BCUT2D eigenvalue weighted by Gasteiger charge is 2.28. The second kappa shape index (κ2) is 6.91. The molecule has 0 bridgehead atoms. The van der Waals surface area contributed by atoms with Crippen LogP contribution in [-0.4, -0.2) is 23.9 Å². The highest BCUT2D eigenvalue weighted by Crippen LogP contribution is 2.28. The third kappa shape index (κ3) is 3.82. The molecule has 1 aliphatic carbocycles. The number of aliphatic hydroxyl groups excluding tert-OH is 1. The molecule has 1 aliphatic rings. The molecule has 2 nitrogen and oxygen atoms in total. The number of hydrogen-bond acceptors (Lipinski definition) is 2. The molecular formula is C16H24O2. The number of rotatable bonds is 5. The molecule has 0 aliphatic heterocycles. The molecule has 3 unspecified atom stereocenters. The van der Waals surface area contributed by atoms with E-state index >= 15 is 0 Å². The Kier molecular flexibility index (Phi) is 5.21. The van der Waals surface area contributed by atoms with Gasteiger partial charge in [0.25, 0.3) is 0 Å². The number of ether oxygens (including phenoxy) is 1. The summed E-state index contributed by atoms with van der Waals surface area (Å²) in [5.41, 5.74) is 1.30. The molecule has 0 spiro atoms. The zero-order chi connectivity index (χ0) is 12.8. The van der Waals surface area contributed by atoms with Gasteiger partial charge in [-0.2, -0.15) is 0 Å². The molecule has 0 saturated heterocycles. The third-order valence-electron chi connectivity index (χ3n) is 4.01. The minimum Gasteiger partial charge on any atom is -0.390 e. The van der Waals surface area contributed by atoms with Crippen molar-refractivity contribution >= 4 is 0 Å². The molecule has 0 heterocycles. The van der Waals surface area contributed by atoms with E-state index in [1.807, 2.05) is 6.07 Å². The molecule has 100 valence electrons. The van der Waals surface area contributed by atoms with E-state index in [0.717, 1.165) is 31.6 Å². The van der Waals surface area contributed by atoms with Crippen LogP contribution in [-0.2, 0) is 11.2 Å². The maximum Gasteiger partial charge on any atom is 0.0836 e. The van der Waals surface area contributed by atoms with E-state index in [1.54, 1.807) is 0 Å². The van der Waals surface area contributed by atoms with Gasteiger partial charge in [-0.1, -0.05) is 43.7 Å². The summed E-state index contributed by atoms with van der Waals surface area (Å²) in [4.78, 5) is 0. The van der Waals surface area contributed by atoms with Crippen molar-refractivity contribution in [1.29, 1.82) is 0 Å². The first-order chi connectivity index (χ1) is 8.79. The van der Waals surface area contributed by atoms with Crippen LogP contribution in [0, 0.1) is 5.92 Å². The topological polar surface area (TPSA) is 29.5 Å². The van der Waals surface area contributed by atoms with Crippen LogP contribution in [0.25, 0.3) is 0 Å². The fourth-order valence-electron chi connectivity index (χ4n) is 2.72. The van der Waals surface area contributed by atoms with Crippen molar-refractivity contribution in [3.8, 4) is 0 Å².